The van der Waals surface area contributed by atoms with Crippen molar-refractivity contribution >= 4 is 28.1 Å². The van der Waals surface area contributed by atoms with E-state index in [0.717, 1.165) is 31.6 Å². The normalized spacial score (nSPS) is 11.6. The maximum atomic E-state index is 13.0. The molecule has 4 nitrogen and oxygen atoms in total. The van der Waals surface area contributed by atoms with Crippen molar-refractivity contribution in [3.63, 3.8) is 0 Å². The van der Waals surface area contributed by atoms with Crippen molar-refractivity contribution < 1.29 is 8.42 Å². The van der Waals surface area contributed by atoms with Crippen molar-refractivity contribution in [2.75, 3.05) is 31.0 Å². The Morgan fingerprint density at radius 3 is 1.83 bits per heavy atom. The molecule has 0 saturated heterocycles. The van der Waals surface area contributed by atoms with Crippen LogP contribution in [-0.2, 0) is 16.4 Å². The molecular formula is C24H37ClN2O2S. The molecule has 168 valence electrons. The Morgan fingerprint density at radius 2 is 1.37 bits per heavy atom. The highest BCUT2D eigenvalue weighted by atomic mass is 35.5. The van der Waals surface area contributed by atoms with Crippen molar-refractivity contribution in [3.8, 4) is 0 Å². The molecule has 0 bridgehead atoms. The summed E-state index contributed by atoms with van der Waals surface area (Å²) in [4.78, 5) is 2.81. The lowest BCUT2D eigenvalue weighted by atomic mass is 10.0. The van der Waals surface area contributed by atoms with E-state index in [-0.39, 0.29) is 12.4 Å². The van der Waals surface area contributed by atoms with Gasteiger partial charge in [-0.3, -0.25) is 4.31 Å². The van der Waals surface area contributed by atoms with E-state index in [1.807, 2.05) is 36.4 Å². The highest BCUT2D eigenvalue weighted by Crippen LogP contribution is 2.24. The Balaban J connectivity index is 0.00000450. The van der Waals surface area contributed by atoms with Gasteiger partial charge in [0.15, 0.2) is 0 Å². The highest BCUT2D eigenvalue weighted by molar-refractivity contribution is 7.92. The standard InChI is InChI=1S/C24H36N2O2S.ClH/c1-6-17-26(18-7-2)19-16-21-8-12-23(13-9-21)25(5)29(27,28)24-14-10-22(11-15-24)20(3)4;/h8-15,20H,6-7,16-19H2,1-5H3;1H. The molecular weight excluding hydrogens is 416 g/mol. The fraction of sp³-hybridized carbons (Fsp3) is 0.500. The number of benzene rings is 2. The average Bonchev–Trinajstić information content (AvgIpc) is 2.72. The number of rotatable bonds is 11. The quantitative estimate of drug-likeness (QED) is 0.437. The lowest BCUT2D eigenvalue weighted by Crippen LogP contribution is -2.28. The number of halogens is 1. The predicted molar refractivity (Wildman–Crippen MR) is 131 cm³/mol. The summed E-state index contributed by atoms with van der Waals surface area (Å²) >= 11 is 0. The topological polar surface area (TPSA) is 40.6 Å². The zero-order chi connectivity index (χ0) is 21.4. The Morgan fingerprint density at radius 1 is 0.833 bits per heavy atom. The fourth-order valence-corrected chi connectivity index (χ4v) is 4.64. The van der Waals surface area contributed by atoms with Crippen LogP contribution in [-0.4, -0.2) is 40.0 Å². The van der Waals surface area contributed by atoms with Crippen molar-refractivity contribution in [2.24, 2.45) is 0 Å². The van der Waals surface area contributed by atoms with Gasteiger partial charge in [0.25, 0.3) is 10.0 Å². The molecule has 0 aliphatic carbocycles. The summed E-state index contributed by atoms with van der Waals surface area (Å²) < 4.78 is 27.3. The van der Waals surface area contributed by atoms with Crippen LogP contribution in [0.15, 0.2) is 53.4 Å². The second-order valence-corrected chi connectivity index (χ2v) is 9.92. The second-order valence-electron chi connectivity index (χ2n) is 7.95. The maximum Gasteiger partial charge on any atom is 0.264 e. The minimum Gasteiger partial charge on any atom is -0.303 e. The maximum absolute atomic E-state index is 13.0. The van der Waals surface area contributed by atoms with Crippen LogP contribution in [0.4, 0.5) is 5.69 Å². The van der Waals surface area contributed by atoms with Crippen molar-refractivity contribution in [3.05, 3.63) is 59.7 Å². The van der Waals surface area contributed by atoms with Crippen molar-refractivity contribution in [1.82, 2.24) is 4.90 Å². The van der Waals surface area contributed by atoms with Crippen LogP contribution in [0.2, 0.25) is 0 Å². The van der Waals surface area contributed by atoms with E-state index >= 15 is 0 Å². The molecule has 0 N–H and O–H groups in total. The molecule has 0 radical (unpaired) electrons. The molecule has 0 atom stereocenters. The third kappa shape index (κ3) is 7.00. The van der Waals surface area contributed by atoms with Crippen LogP contribution < -0.4 is 4.31 Å². The zero-order valence-corrected chi connectivity index (χ0v) is 20.6. The van der Waals surface area contributed by atoms with Crippen LogP contribution in [0.3, 0.4) is 0 Å². The Labute approximate surface area is 189 Å². The summed E-state index contributed by atoms with van der Waals surface area (Å²) in [7, 11) is -1.95. The van der Waals surface area contributed by atoms with E-state index in [4.69, 9.17) is 0 Å². The molecule has 0 saturated carbocycles. The molecule has 0 heterocycles. The first-order valence-electron chi connectivity index (χ1n) is 10.7. The van der Waals surface area contributed by atoms with Gasteiger partial charge >= 0.3 is 0 Å². The number of nitrogens with zero attached hydrogens (tertiary/aromatic N) is 2. The summed E-state index contributed by atoms with van der Waals surface area (Å²) in [6, 6.07) is 15.1. The Bertz CT molecular complexity index is 844. The highest BCUT2D eigenvalue weighted by Gasteiger charge is 2.21. The summed E-state index contributed by atoms with van der Waals surface area (Å²) in [6.45, 7) is 11.9. The van der Waals surface area contributed by atoms with Gasteiger partial charge in [0.1, 0.15) is 0 Å². The molecule has 2 aromatic rings. The van der Waals surface area contributed by atoms with Gasteiger partial charge < -0.3 is 4.90 Å². The van der Waals surface area contributed by atoms with Gasteiger partial charge in [0.2, 0.25) is 0 Å². The molecule has 0 aliphatic heterocycles. The molecule has 0 unspecified atom stereocenters. The third-order valence-electron chi connectivity index (χ3n) is 5.30. The molecule has 0 spiro atoms. The van der Waals surface area contributed by atoms with Crippen LogP contribution >= 0.6 is 12.4 Å². The number of hydrogen-bond donors (Lipinski definition) is 0. The molecule has 2 rings (SSSR count). The summed E-state index contributed by atoms with van der Waals surface area (Å²) in [5, 5.41) is 0. The van der Waals surface area contributed by atoms with Crippen molar-refractivity contribution in [1.29, 1.82) is 0 Å². The summed E-state index contributed by atoms with van der Waals surface area (Å²) in [5.41, 5.74) is 3.05. The van der Waals surface area contributed by atoms with Crippen LogP contribution in [0.5, 0.6) is 0 Å². The van der Waals surface area contributed by atoms with Gasteiger partial charge in [-0.25, -0.2) is 8.42 Å². The van der Waals surface area contributed by atoms with Gasteiger partial charge in [0, 0.05) is 13.6 Å². The lowest BCUT2D eigenvalue weighted by Gasteiger charge is -2.22. The van der Waals surface area contributed by atoms with Crippen LogP contribution in [0, 0.1) is 0 Å². The van der Waals surface area contributed by atoms with Crippen LogP contribution in [0.25, 0.3) is 0 Å². The minimum absolute atomic E-state index is 0. The van der Waals surface area contributed by atoms with Gasteiger partial charge in [-0.05, 0) is 73.7 Å². The number of sulfonamides is 1. The largest absolute Gasteiger partial charge is 0.303 e. The molecule has 0 fully saturated rings. The van der Waals surface area contributed by atoms with Gasteiger partial charge in [0.05, 0.1) is 10.6 Å². The number of hydrogen-bond acceptors (Lipinski definition) is 3. The zero-order valence-electron chi connectivity index (χ0n) is 19.0. The van der Waals surface area contributed by atoms with Crippen LogP contribution in [0.1, 0.15) is 57.6 Å². The smallest absolute Gasteiger partial charge is 0.264 e. The summed E-state index contributed by atoms with van der Waals surface area (Å²) in [5.74, 6) is 0.377. The third-order valence-corrected chi connectivity index (χ3v) is 7.10. The van der Waals surface area contributed by atoms with E-state index in [1.54, 1.807) is 19.2 Å². The van der Waals surface area contributed by atoms with Gasteiger partial charge in [-0.15, -0.1) is 12.4 Å². The number of anilines is 1. The van der Waals surface area contributed by atoms with E-state index in [0.29, 0.717) is 16.5 Å². The molecule has 6 heteroatoms. The molecule has 2 aromatic carbocycles. The first-order chi connectivity index (χ1) is 13.8. The molecule has 0 aliphatic rings. The summed E-state index contributed by atoms with van der Waals surface area (Å²) in [6.07, 6.45) is 3.31. The Hall–Kier alpha value is -1.56. The average molecular weight is 453 g/mol. The molecule has 0 amide bonds. The second kappa shape index (κ2) is 12.3. The first kappa shape index (κ1) is 26.5. The SMILES string of the molecule is CCCN(CCC)CCc1ccc(N(C)S(=O)(=O)c2ccc(C(C)C)cc2)cc1.Cl. The molecule has 30 heavy (non-hydrogen) atoms. The minimum atomic E-state index is -3.56. The molecule has 0 aromatic heterocycles. The van der Waals surface area contributed by atoms with E-state index in [1.165, 1.54) is 22.7 Å². The van der Waals surface area contributed by atoms with E-state index < -0.39 is 10.0 Å². The monoisotopic (exact) mass is 452 g/mol. The van der Waals surface area contributed by atoms with E-state index in [9.17, 15) is 8.42 Å². The van der Waals surface area contributed by atoms with E-state index in [2.05, 4.69) is 32.6 Å². The predicted octanol–water partition coefficient (Wildman–Crippen LogP) is 5.72. The lowest BCUT2D eigenvalue weighted by molar-refractivity contribution is 0.278. The van der Waals surface area contributed by atoms with Gasteiger partial charge in [-0.1, -0.05) is 52.0 Å². The van der Waals surface area contributed by atoms with Crippen molar-refractivity contribution in [2.45, 2.75) is 57.8 Å². The first-order valence-corrected chi connectivity index (χ1v) is 12.1. The Kier molecular flexibility index (Phi) is 10.9. The fourth-order valence-electron chi connectivity index (χ4n) is 3.45. The van der Waals surface area contributed by atoms with Gasteiger partial charge in [-0.2, -0.15) is 0 Å².